The van der Waals surface area contributed by atoms with Crippen LogP contribution in [0.5, 0.6) is 0 Å². The summed E-state index contributed by atoms with van der Waals surface area (Å²) in [5.41, 5.74) is 4.49. The summed E-state index contributed by atoms with van der Waals surface area (Å²) in [7, 11) is 0. The van der Waals surface area contributed by atoms with E-state index in [-0.39, 0.29) is 0 Å². The van der Waals surface area contributed by atoms with Crippen molar-refractivity contribution in [2.75, 3.05) is 13.1 Å². The average molecular weight is 242 g/mol. The molecule has 2 aromatic rings. The molecule has 96 valence electrons. The summed E-state index contributed by atoms with van der Waals surface area (Å²) in [4.78, 5) is 3.53. The molecule has 0 amide bonds. The molecule has 1 atom stereocenters. The zero-order chi connectivity index (χ0) is 12.8. The number of H-pyrrole nitrogens is 1. The molecule has 2 N–H and O–H groups in total. The Labute approximate surface area is 109 Å². The first kappa shape index (κ1) is 11.8. The van der Waals surface area contributed by atoms with Gasteiger partial charge in [0.15, 0.2) is 0 Å². The second-order valence-corrected chi connectivity index (χ2v) is 6.20. The lowest BCUT2D eigenvalue weighted by Crippen LogP contribution is -2.40. The summed E-state index contributed by atoms with van der Waals surface area (Å²) < 4.78 is 0. The molecule has 1 aliphatic heterocycles. The maximum atomic E-state index is 3.56. The highest BCUT2D eigenvalue weighted by atomic mass is 14.9. The highest BCUT2D eigenvalue weighted by molar-refractivity contribution is 5.85. The first-order valence-electron chi connectivity index (χ1n) is 6.87. The molecule has 18 heavy (non-hydrogen) atoms. The van der Waals surface area contributed by atoms with Gasteiger partial charge in [0.25, 0.3) is 0 Å². The maximum Gasteiger partial charge on any atom is 0.0458 e. The number of para-hydroxylation sites is 1. The van der Waals surface area contributed by atoms with Crippen molar-refractivity contribution in [1.29, 1.82) is 0 Å². The predicted molar refractivity (Wildman–Crippen MR) is 77.0 cm³/mol. The normalized spacial score (nSPS) is 23.4. The van der Waals surface area contributed by atoms with Gasteiger partial charge in [-0.1, -0.05) is 32.0 Å². The molecular formula is C16H22N2. The number of aryl methyl sites for hydroxylation is 1. The SMILES string of the molecule is Cc1[nH]c2ccccc2c1C1CNCCC1(C)C. The molecule has 0 bridgehead atoms. The number of hydrogen-bond acceptors (Lipinski definition) is 1. The molecule has 0 spiro atoms. The summed E-state index contributed by atoms with van der Waals surface area (Å²) in [5.74, 6) is 0.599. The minimum Gasteiger partial charge on any atom is -0.358 e. The van der Waals surface area contributed by atoms with E-state index in [4.69, 9.17) is 0 Å². The van der Waals surface area contributed by atoms with Crippen molar-refractivity contribution in [2.24, 2.45) is 5.41 Å². The number of nitrogens with one attached hydrogen (secondary N) is 2. The number of aromatic nitrogens is 1. The van der Waals surface area contributed by atoms with E-state index in [9.17, 15) is 0 Å². The zero-order valence-corrected chi connectivity index (χ0v) is 11.5. The van der Waals surface area contributed by atoms with Crippen LogP contribution in [-0.2, 0) is 0 Å². The summed E-state index contributed by atoms with van der Waals surface area (Å²) >= 11 is 0. The lowest BCUT2D eigenvalue weighted by atomic mass is 9.70. The van der Waals surface area contributed by atoms with E-state index < -0.39 is 0 Å². The van der Waals surface area contributed by atoms with Crippen LogP contribution < -0.4 is 5.32 Å². The first-order chi connectivity index (χ1) is 8.59. The van der Waals surface area contributed by atoms with Gasteiger partial charge in [-0.25, -0.2) is 0 Å². The number of fused-ring (bicyclic) bond motifs is 1. The number of aromatic amines is 1. The van der Waals surface area contributed by atoms with Gasteiger partial charge in [0.05, 0.1) is 0 Å². The molecule has 1 unspecified atom stereocenters. The van der Waals surface area contributed by atoms with Crippen molar-refractivity contribution in [3.63, 3.8) is 0 Å². The third-order valence-electron chi connectivity index (χ3n) is 4.53. The first-order valence-corrected chi connectivity index (χ1v) is 6.87. The summed E-state index contributed by atoms with van der Waals surface area (Å²) in [6.07, 6.45) is 1.25. The molecule has 0 aliphatic carbocycles. The van der Waals surface area contributed by atoms with Crippen LogP contribution in [0, 0.1) is 12.3 Å². The number of rotatable bonds is 1. The third-order valence-corrected chi connectivity index (χ3v) is 4.53. The molecule has 2 heterocycles. The molecule has 1 aliphatic rings. The predicted octanol–water partition coefficient (Wildman–Crippen LogP) is 3.58. The van der Waals surface area contributed by atoms with Crippen molar-refractivity contribution >= 4 is 10.9 Å². The van der Waals surface area contributed by atoms with Gasteiger partial charge in [-0.15, -0.1) is 0 Å². The van der Waals surface area contributed by atoms with Crippen molar-refractivity contribution < 1.29 is 0 Å². The highest BCUT2D eigenvalue weighted by Crippen LogP contribution is 2.43. The van der Waals surface area contributed by atoms with Crippen LogP contribution in [0.25, 0.3) is 10.9 Å². The van der Waals surface area contributed by atoms with E-state index in [1.54, 1.807) is 0 Å². The Kier molecular flexibility index (Phi) is 2.70. The second-order valence-electron chi connectivity index (χ2n) is 6.20. The Hall–Kier alpha value is -1.28. The van der Waals surface area contributed by atoms with Crippen LogP contribution in [0.1, 0.15) is 37.4 Å². The van der Waals surface area contributed by atoms with Crippen LogP contribution in [0.3, 0.4) is 0 Å². The Bertz CT molecular complexity index is 565. The monoisotopic (exact) mass is 242 g/mol. The van der Waals surface area contributed by atoms with E-state index in [2.05, 4.69) is 55.3 Å². The van der Waals surface area contributed by atoms with E-state index >= 15 is 0 Å². The van der Waals surface area contributed by atoms with Crippen LogP contribution >= 0.6 is 0 Å². The molecule has 3 rings (SSSR count). The van der Waals surface area contributed by atoms with Crippen molar-refractivity contribution in [3.8, 4) is 0 Å². The quantitative estimate of drug-likeness (QED) is 0.786. The van der Waals surface area contributed by atoms with Crippen LogP contribution in [0.2, 0.25) is 0 Å². The van der Waals surface area contributed by atoms with Gasteiger partial charge in [0.2, 0.25) is 0 Å². The Balaban J connectivity index is 2.16. The summed E-state index contributed by atoms with van der Waals surface area (Å²) in [5, 5.41) is 4.96. The lowest BCUT2D eigenvalue weighted by Gasteiger charge is -2.39. The van der Waals surface area contributed by atoms with Gasteiger partial charge in [0.1, 0.15) is 0 Å². The summed E-state index contributed by atoms with van der Waals surface area (Å²) in [6.45, 7) is 9.25. The number of benzene rings is 1. The minimum atomic E-state index is 0.376. The average Bonchev–Trinajstić information content (AvgIpc) is 2.65. The van der Waals surface area contributed by atoms with E-state index in [1.165, 1.54) is 28.6 Å². The second kappa shape index (κ2) is 4.13. The molecule has 1 aromatic heterocycles. The van der Waals surface area contributed by atoms with Crippen molar-refractivity contribution in [1.82, 2.24) is 10.3 Å². The third kappa shape index (κ3) is 1.76. The fraction of sp³-hybridized carbons (Fsp3) is 0.500. The highest BCUT2D eigenvalue weighted by Gasteiger charge is 2.35. The number of hydrogen-bond donors (Lipinski definition) is 2. The topological polar surface area (TPSA) is 27.8 Å². The Morgan fingerprint density at radius 3 is 2.78 bits per heavy atom. The minimum absolute atomic E-state index is 0.376. The lowest BCUT2D eigenvalue weighted by molar-refractivity contribution is 0.215. The molecule has 2 heteroatoms. The number of piperidine rings is 1. The van der Waals surface area contributed by atoms with Crippen LogP contribution in [-0.4, -0.2) is 18.1 Å². The Morgan fingerprint density at radius 1 is 1.22 bits per heavy atom. The Morgan fingerprint density at radius 2 is 2.00 bits per heavy atom. The van der Waals surface area contributed by atoms with Gasteiger partial charge in [0, 0.05) is 29.1 Å². The molecule has 1 saturated heterocycles. The van der Waals surface area contributed by atoms with Gasteiger partial charge in [-0.3, -0.25) is 0 Å². The van der Waals surface area contributed by atoms with Gasteiger partial charge >= 0.3 is 0 Å². The molecule has 1 aromatic carbocycles. The van der Waals surface area contributed by atoms with Crippen LogP contribution in [0.4, 0.5) is 0 Å². The molecule has 0 radical (unpaired) electrons. The van der Waals surface area contributed by atoms with Crippen molar-refractivity contribution in [3.05, 3.63) is 35.5 Å². The molecule has 1 fully saturated rings. The molecular weight excluding hydrogens is 220 g/mol. The van der Waals surface area contributed by atoms with Crippen LogP contribution in [0.15, 0.2) is 24.3 Å². The van der Waals surface area contributed by atoms with E-state index in [0.717, 1.165) is 13.1 Å². The van der Waals surface area contributed by atoms with E-state index in [1.807, 2.05) is 0 Å². The standard InChI is InChI=1S/C16H22N2/c1-11-15(12-6-4-5-7-14(12)18-11)13-10-17-9-8-16(13,2)3/h4-7,13,17-18H,8-10H2,1-3H3. The largest absolute Gasteiger partial charge is 0.358 e. The molecule has 0 saturated carbocycles. The fourth-order valence-electron chi connectivity index (χ4n) is 3.35. The summed E-state index contributed by atoms with van der Waals surface area (Å²) in [6, 6.07) is 8.67. The van der Waals surface area contributed by atoms with Crippen molar-refractivity contribution in [2.45, 2.75) is 33.1 Å². The van der Waals surface area contributed by atoms with E-state index in [0.29, 0.717) is 11.3 Å². The molecule has 2 nitrogen and oxygen atoms in total. The van der Waals surface area contributed by atoms with Gasteiger partial charge in [-0.05, 0) is 36.9 Å². The fourth-order valence-corrected chi connectivity index (χ4v) is 3.35. The smallest absolute Gasteiger partial charge is 0.0458 e. The maximum absolute atomic E-state index is 3.56. The zero-order valence-electron chi connectivity index (χ0n) is 11.5. The van der Waals surface area contributed by atoms with Gasteiger partial charge in [-0.2, -0.15) is 0 Å². The van der Waals surface area contributed by atoms with Gasteiger partial charge < -0.3 is 10.3 Å².